The topological polar surface area (TPSA) is 71.3 Å². The standard InChI is InChI=1S/C30H29ClFN5O2S/c1-21-20-35(17-18-36(21)29(39)24-13-6-8-15-26(24)32)27(38)16-9-19-40-30-34-33-28(23-12-5-7-14-25(23)31)37(30)22-10-3-2-4-11-22/h2-8,10-15,21H,9,16-20H2,1H3. The second-order valence-corrected chi connectivity index (χ2v) is 11.0. The number of hydrogen-bond acceptors (Lipinski definition) is 5. The van der Waals surface area contributed by atoms with E-state index in [-0.39, 0.29) is 23.4 Å². The van der Waals surface area contributed by atoms with Gasteiger partial charge in [-0.1, -0.05) is 65.8 Å². The monoisotopic (exact) mass is 577 g/mol. The number of rotatable bonds is 8. The third kappa shape index (κ3) is 6.05. The van der Waals surface area contributed by atoms with Crippen LogP contribution in [0.1, 0.15) is 30.1 Å². The molecule has 1 fully saturated rings. The highest BCUT2D eigenvalue weighted by molar-refractivity contribution is 7.99. The lowest BCUT2D eigenvalue weighted by molar-refractivity contribution is -0.133. The van der Waals surface area contributed by atoms with E-state index in [0.717, 1.165) is 16.4 Å². The molecule has 40 heavy (non-hydrogen) atoms. The molecule has 1 aliphatic heterocycles. The predicted octanol–water partition coefficient (Wildman–Crippen LogP) is 5.97. The van der Waals surface area contributed by atoms with Crippen LogP contribution in [0.15, 0.2) is 84.0 Å². The van der Waals surface area contributed by atoms with Crippen LogP contribution in [-0.4, -0.2) is 67.8 Å². The van der Waals surface area contributed by atoms with Crippen molar-refractivity contribution in [1.82, 2.24) is 24.6 Å². The highest BCUT2D eigenvalue weighted by atomic mass is 35.5. The minimum absolute atomic E-state index is 0.0479. The Morgan fingerprint density at radius 2 is 1.70 bits per heavy atom. The number of halogens is 2. The van der Waals surface area contributed by atoms with Crippen molar-refractivity contribution < 1.29 is 14.0 Å². The van der Waals surface area contributed by atoms with Gasteiger partial charge in [-0.25, -0.2) is 4.39 Å². The summed E-state index contributed by atoms with van der Waals surface area (Å²) in [6.45, 7) is 3.12. The SMILES string of the molecule is CC1CN(C(=O)CCCSc2nnc(-c3ccccc3Cl)n2-c2ccccc2)CCN1C(=O)c1ccccc1F. The first-order chi connectivity index (χ1) is 19.4. The van der Waals surface area contributed by atoms with Gasteiger partial charge in [0.25, 0.3) is 5.91 Å². The van der Waals surface area contributed by atoms with E-state index in [4.69, 9.17) is 11.6 Å². The average Bonchev–Trinajstić information content (AvgIpc) is 3.39. The van der Waals surface area contributed by atoms with Crippen LogP contribution in [0.4, 0.5) is 4.39 Å². The fraction of sp³-hybridized carbons (Fsp3) is 0.267. The van der Waals surface area contributed by atoms with Gasteiger partial charge in [0, 0.05) is 49.1 Å². The van der Waals surface area contributed by atoms with E-state index < -0.39 is 5.82 Å². The molecule has 5 rings (SSSR count). The molecule has 10 heteroatoms. The van der Waals surface area contributed by atoms with Crippen LogP contribution in [0.5, 0.6) is 0 Å². The Kier molecular flexibility index (Phi) is 8.81. The third-order valence-corrected chi connectivity index (χ3v) is 8.22. The van der Waals surface area contributed by atoms with Crippen LogP contribution < -0.4 is 0 Å². The van der Waals surface area contributed by atoms with Crippen molar-refractivity contribution in [1.29, 1.82) is 0 Å². The zero-order chi connectivity index (χ0) is 28.1. The molecule has 2 amide bonds. The summed E-state index contributed by atoms with van der Waals surface area (Å²) in [6, 6.07) is 23.2. The number of nitrogens with zero attached hydrogens (tertiary/aromatic N) is 5. The smallest absolute Gasteiger partial charge is 0.257 e. The molecule has 1 aliphatic rings. The van der Waals surface area contributed by atoms with Crippen molar-refractivity contribution in [2.24, 2.45) is 0 Å². The normalized spacial score (nSPS) is 15.3. The van der Waals surface area contributed by atoms with Crippen molar-refractivity contribution in [2.45, 2.75) is 31.0 Å². The van der Waals surface area contributed by atoms with Gasteiger partial charge in [-0.05, 0) is 49.7 Å². The second kappa shape index (κ2) is 12.7. The summed E-state index contributed by atoms with van der Waals surface area (Å²) in [5.74, 6) is 0.519. The van der Waals surface area contributed by atoms with Crippen LogP contribution in [0, 0.1) is 5.82 Å². The van der Waals surface area contributed by atoms with Gasteiger partial charge in [0.05, 0.1) is 10.6 Å². The first kappa shape index (κ1) is 27.9. The first-order valence-corrected chi connectivity index (χ1v) is 14.5. The quantitative estimate of drug-likeness (QED) is 0.190. The number of benzene rings is 3. The lowest BCUT2D eigenvalue weighted by atomic mass is 10.1. The van der Waals surface area contributed by atoms with Gasteiger partial charge in [-0.15, -0.1) is 10.2 Å². The molecule has 4 aromatic rings. The number of para-hydroxylation sites is 1. The Balaban J connectivity index is 1.18. The van der Waals surface area contributed by atoms with Gasteiger partial charge in [0.2, 0.25) is 5.91 Å². The summed E-state index contributed by atoms with van der Waals surface area (Å²) in [5, 5.41) is 10.2. The molecule has 7 nitrogen and oxygen atoms in total. The van der Waals surface area contributed by atoms with Crippen LogP contribution in [0.3, 0.4) is 0 Å². The number of hydrogen-bond donors (Lipinski definition) is 0. The van der Waals surface area contributed by atoms with E-state index in [1.54, 1.807) is 33.7 Å². The maximum Gasteiger partial charge on any atom is 0.257 e. The minimum atomic E-state index is -0.530. The fourth-order valence-corrected chi connectivity index (χ4v) is 5.92. The molecular weight excluding hydrogens is 549 g/mol. The number of carbonyl (C=O) groups is 2. The van der Waals surface area contributed by atoms with Crippen molar-refractivity contribution in [3.8, 4) is 17.1 Å². The molecule has 0 saturated carbocycles. The molecular formula is C30H29ClFN5O2S. The lowest BCUT2D eigenvalue weighted by Gasteiger charge is -2.40. The van der Waals surface area contributed by atoms with Crippen LogP contribution >= 0.6 is 23.4 Å². The van der Waals surface area contributed by atoms with E-state index in [2.05, 4.69) is 10.2 Å². The Morgan fingerprint density at radius 3 is 2.45 bits per heavy atom. The number of piperazine rings is 1. The lowest BCUT2D eigenvalue weighted by Crippen LogP contribution is -2.55. The largest absolute Gasteiger partial charge is 0.339 e. The number of thioether (sulfide) groups is 1. The molecule has 2 heterocycles. The zero-order valence-corrected chi connectivity index (χ0v) is 23.6. The average molecular weight is 578 g/mol. The van der Waals surface area contributed by atoms with Gasteiger partial charge < -0.3 is 9.80 Å². The van der Waals surface area contributed by atoms with Crippen LogP contribution in [0.25, 0.3) is 17.1 Å². The highest BCUT2D eigenvalue weighted by Gasteiger charge is 2.31. The van der Waals surface area contributed by atoms with Gasteiger partial charge in [0.15, 0.2) is 11.0 Å². The van der Waals surface area contributed by atoms with Crippen molar-refractivity contribution in [2.75, 3.05) is 25.4 Å². The molecule has 1 atom stereocenters. The van der Waals surface area contributed by atoms with E-state index in [0.29, 0.717) is 49.1 Å². The van der Waals surface area contributed by atoms with Gasteiger partial charge >= 0.3 is 0 Å². The van der Waals surface area contributed by atoms with Crippen molar-refractivity contribution in [3.05, 3.63) is 95.3 Å². The van der Waals surface area contributed by atoms with Crippen LogP contribution in [-0.2, 0) is 4.79 Å². The Hall–Kier alpha value is -3.69. The summed E-state index contributed by atoms with van der Waals surface area (Å²) in [5.41, 5.74) is 1.79. The first-order valence-electron chi connectivity index (χ1n) is 13.2. The van der Waals surface area contributed by atoms with Crippen molar-refractivity contribution in [3.63, 3.8) is 0 Å². The van der Waals surface area contributed by atoms with Gasteiger partial charge in [0.1, 0.15) is 5.82 Å². The highest BCUT2D eigenvalue weighted by Crippen LogP contribution is 2.32. The molecule has 0 aliphatic carbocycles. The Bertz CT molecular complexity index is 1500. The molecule has 1 unspecified atom stereocenters. The molecule has 206 valence electrons. The fourth-order valence-electron chi connectivity index (χ4n) is 4.81. The van der Waals surface area contributed by atoms with Gasteiger partial charge in [-0.3, -0.25) is 14.2 Å². The van der Waals surface area contributed by atoms with E-state index in [1.807, 2.05) is 66.1 Å². The summed E-state index contributed by atoms with van der Waals surface area (Å²) in [6.07, 6.45) is 1.05. The summed E-state index contributed by atoms with van der Waals surface area (Å²) < 4.78 is 16.1. The number of carbonyl (C=O) groups excluding carboxylic acids is 2. The maximum atomic E-state index is 14.1. The number of aromatic nitrogens is 3. The summed E-state index contributed by atoms with van der Waals surface area (Å²) in [4.78, 5) is 29.3. The van der Waals surface area contributed by atoms with E-state index in [1.165, 1.54) is 12.1 Å². The third-order valence-electron chi connectivity index (χ3n) is 6.87. The molecule has 0 N–H and O–H groups in total. The second-order valence-electron chi connectivity index (χ2n) is 9.58. The number of amides is 2. The Morgan fingerprint density at radius 1 is 0.975 bits per heavy atom. The molecule has 0 bridgehead atoms. The zero-order valence-electron chi connectivity index (χ0n) is 22.0. The molecule has 3 aromatic carbocycles. The van der Waals surface area contributed by atoms with Gasteiger partial charge in [-0.2, -0.15) is 0 Å². The molecule has 0 radical (unpaired) electrons. The maximum absolute atomic E-state index is 14.1. The van der Waals surface area contributed by atoms with Crippen molar-refractivity contribution >= 4 is 35.2 Å². The van der Waals surface area contributed by atoms with Crippen LogP contribution in [0.2, 0.25) is 5.02 Å². The minimum Gasteiger partial charge on any atom is -0.339 e. The summed E-state index contributed by atoms with van der Waals surface area (Å²) in [7, 11) is 0. The molecule has 1 saturated heterocycles. The molecule has 1 aromatic heterocycles. The van der Waals surface area contributed by atoms with E-state index >= 15 is 0 Å². The Labute approximate surface area is 242 Å². The predicted molar refractivity (Wildman–Crippen MR) is 155 cm³/mol. The van der Waals surface area contributed by atoms with E-state index in [9.17, 15) is 14.0 Å². The molecule has 0 spiro atoms. The summed E-state index contributed by atoms with van der Waals surface area (Å²) >= 11 is 8.01.